The molecular formula is C7H7ClO3S. The highest BCUT2D eigenvalue weighted by Gasteiger charge is 2.16. The van der Waals surface area contributed by atoms with E-state index in [2.05, 4.69) is 0 Å². The lowest BCUT2D eigenvalue weighted by atomic mass is 10.2. The highest BCUT2D eigenvalue weighted by molar-refractivity contribution is 7.86. The summed E-state index contributed by atoms with van der Waals surface area (Å²) in [4.78, 5) is -0.216. The van der Waals surface area contributed by atoms with E-state index in [1.807, 2.05) is 0 Å². The van der Waals surface area contributed by atoms with E-state index in [0.717, 1.165) is 0 Å². The van der Waals surface area contributed by atoms with Crippen LogP contribution in [0, 0.1) is 6.92 Å². The zero-order chi connectivity index (χ0) is 9.35. The molecule has 0 aliphatic carbocycles. The van der Waals surface area contributed by atoms with E-state index >= 15 is 0 Å². The van der Waals surface area contributed by atoms with Gasteiger partial charge in [0.05, 0.1) is 5.02 Å². The second kappa shape index (κ2) is 3.05. The number of aryl methyl sites for hydroxylation is 1. The van der Waals surface area contributed by atoms with Crippen LogP contribution >= 0.6 is 11.6 Å². The van der Waals surface area contributed by atoms with Crippen molar-refractivity contribution >= 4 is 21.7 Å². The molecule has 1 aromatic carbocycles. The first-order chi connectivity index (χ1) is 5.43. The topological polar surface area (TPSA) is 54.4 Å². The van der Waals surface area contributed by atoms with Crippen LogP contribution < -0.4 is 0 Å². The van der Waals surface area contributed by atoms with Gasteiger partial charge in [-0.15, -0.1) is 0 Å². The van der Waals surface area contributed by atoms with Crippen LogP contribution in [0.3, 0.4) is 0 Å². The van der Waals surface area contributed by atoms with Gasteiger partial charge < -0.3 is 0 Å². The Morgan fingerprint density at radius 2 is 2.00 bits per heavy atom. The molecular weight excluding hydrogens is 200 g/mol. The summed E-state index contributed by atoms with van der Waals surface area (Å²) in [7, 11) is -4.20. The molecule has 0 aliphatic rings. The van der Waals surface area contributed by atoms with Crippen LogP contribution in [0.2, 0.25) is 5.02 Å². The van der Waals surface area contributed by atoms with E-state index in [1.54, 1.807) is 19.1 Å². The molecule has 0 unspecified atom stereocenters. The number of rotatable bonds is 1. The fourth-order valence-corrected chi connectivity index (χ4v) is 2.25. The predicted molar refractivity (Wildman–Crippen MR) is 46.0 cm³/mol. The quantitative estimate of drug-likeness (QED) is 0.714. The molecule has 0 saturated heterocycles. The van der Waals surface area contributed by atoms with Crippen molar-refractivity contribution in [3.05, 3.63) is 28.8 Å². The lowest BCUT2D eigenvalue weighted by Crippen LogP contribution is -2.01. The van der Waals surface area contributed by atoms with Gasteiger partial charge in [0.25, 0.3) is 10.1 Å². The molecule has 0 radical (unpaired) electrons. The fourth-order valence-electron chi connectivity index (χ4n) is 0.943. The zero-order valence-corrected chi connectivity index (χ0v) is 7.85. The second-order valence-electron chi connectivity index (χ2n) is 2.36. The van der Waals surface area contributed by atoms with Gasteiger partial charge in [-0.2, -0.15) is 8.42 Å². The Kier molecular flexibility index (Phi) is 2.41. The molecule has 3 nitrogen and oxygen atoms in total. The van der Waals surface area contributed by atoms with Crippen LogP contribution in [0.5, 0.6) is 0 Å². The van der Waals surface area contributed by atoms with Gasteiger partial charge in [-0.3, -0.25) is 4.55 Å². The second-order valence-corrected chi connectivity index (χ2v) is 4.13. The first-order valence-corrected chi connectivity index (χ1v) is 4.97. The van der Waals surface area contributed by atoms with Crippen LogP contribution in [-0.4, -0.2) is 13.0 Å². The first kappa shape index (κ1) is 9.51. The van der Waals surface area contributed by atoms with E-state index < -0.39 is 10.1 Å². The Bertz CT molecular complexity index is 377. The third-order valence-corrected chi connectivity index (χ3v) is 2.91. The average molecular weight is 207 g/mol. The largest absolute Gasteiger partial charge is 0.296 e. The lowest BCUT2D eigenvalue weighted by Gasteiger charge is -2.02. The van der Waals surface area contributed by atoms with Crippen LogP contribution in [-0.2, 0) is 10.1 Å². The van der Waals surface area contributed by atoms with Crippen molar-refractivity contribution in [3.8, 4) is 0 Å². The third-order valence-electron chi connectivity index (χ3n) is 1.42. The summed E-state index contributed by atoms with van der Waals surface area (Å²) in [5.74, 6) is 0. The third kappa shape index (κ3) is 1.77. The summed E-state index contributed by atoms with van der Waals surface area (Å²) < 4.78 is 30.2. The number of halogens is 1. The average Bonchev–Trinajstić information content (AvgIpc) is 1.82. The van der Waals surface area contributed by atoms with E-state index in [1.165, 1.54) is 6.07 Å². The summed E-state index contributed by atoms with van der Waals surface area (Å²) in [6, 6.07) is 4.60. The van der Waals surface area contributed by atoms with Crippen molar-refractivity contribution in [2.75, 3.05) is 0 Å². The molecule has 1 aromatic rings. The number of hydrogen-bond acceptors (Lipinski definition) is 2. The molecule has 0 aliphatic heterocycles. The minimum Gasteiger partial charge on any atom is -0.282 e. The summed E-state index contributed by atoms with van der Waals surface area (Å²) in [5.41, 5.74) is 0.435. The maximum Gasteiger partial charge on any atom is 0.296 e. The van der Waals surface area contributed by atoms with Crippen molar-refractivity contribution < 1.29 is 13.0 Å². The first-order valence-electron chi connectivity index (χ1n) is 3.15. The molecule has 0 spiro atoms. The van der Waals surface area contributed by atoms with Gasteiger partial charge in [-0.25, -0.2) is 0 Å². The van der Waals surface area contributed by atoms with Gasteiger partial charge in [0.1, 0.15) is 4.90 Å². The van der Waals surface area contributed by atoms with Crippen molar-refractivity contribution in [2.45, 2.75) is 11.8 Å². The normalized spacial score (nSPS) is 11.6. The van der Waals surface area contributed by atoms with E-state index in [4.69, 9.17) is 16.2 Å². The van der Waals surface area contributed by atoms with Crippen molar-refractivity contribution in [3.63, 3.8) is 0 Å². The Morgan fingerprint density at radius 3 is 2.33 bits per heavy atom. The molecule has 0 heterocycles. The Balaban J connectivity index is 3.53. The van der Waals surface area contributed by atoms with Crippen LogP contribution in [0.25, 0.3) is 0 Å². The SMILES string of the molecule is Cc1cccc(Cl)c1S(=O)(=O)O. The Morgan fingerprint density at radius 1 is 1.42 bits per heavy atom. The fraction of sp³-hybridized carbons (Fsp3) is 0.143. The summed E-state index contributed by atoms with van der Waals surface area (Å²) in [6.07, 6.45) is 0. The number of hydrogen-bond donors (Lipinski definition) is 1. The van der Waals surface area contributed by atoms with Crippen molar-refractivity contribution in [2.24, 2.45) is 0 Å². The maximum absolute atomic E-state index is 10.7. The van der Waals surface area contributed by atoms with Gasteiger partial charge in [0.2, 0.25) is 0 Å². The summed E-state index contributed by atoms with van der Waals surface area (Å²) in [6.45, 7) is 1.56. The molecule has 0 saturated carbocycles. The number of benzene rings is 1. The maximum atomic E-state index is 10.7. The Labute approximate surface area is 75.7 Å². The molecule has 0 bridgehead atoms. The summed E-state index contributed by atoms with van der Waals surface area (Å²) >= 11 is 5.57. The van der Waals surface area contributed by atoms with E-state index in [0.29, 0.717) is 5.56 Å². The molecule has 0 aromatic heterocycles. The molecule has 12 heavy (non-hydrogen) atoms. The van der Waals surface area contributed by atoms with E-state index in [9.17, 15) is 8.42 Å². The molecule has 0 fully saturated rings. The van der Waals surface area contributed by atoms with Crippen LogP contribution in [0.4, 0.5) is 0 Å². The standard InChI is InChI=1S/C7H7ClO3S/c1-5-3-2-4-6(8)7(5)12(9,10)11/h2-4H,1H3,(H,9,10,11). The van der Waals surface area contributed by atoms with Crippen LogP contribution in [0.1, 0.15) is 5.56 Å². The van der Waals surface area contributed by atoms with Gasteiger partial charge in [0.15, 0.2) is 0 Å². The molecule has 1 N–H and O–H groups in total. The zero-order valence-electron chi connectivity index (χ0n) is 6.28. The highest BCUT2D eigenvalue weighted by atomic mass is 35.5. The van der Waals surface area contributed by atoms with Gasteiger partial charge >= 0.3 is 0 Å². The lowest BCUT2D eigenvalue weighted by molar-refractivity contribution is 0.482. The van der Waals surface area contributed by atoms with E-state index in [-0.39, 0.29) is 9.92 Å². The van der Waals surface area contributed by atoms with Crippen molar-refractivity contribution in [1.82, 2.24) is 0 Å². The predicted octanol–water partition coefficient (Wildman–Crippen LogP) is 1.90. The van der Waals surface area contributed by atoms with Gasteiger partial charge in [0, 0.05) is 0 Å². The molecule has 0 amide bonds. The molecule has 0 atom stereocenters. The minimum atomic E-state index is -4.20. The van der Waals surface area contributed by atoms with Crippen LogP contribution in [0.15, 0.2) is 23.1 Å². The smallest absolute Gasteiger partial charge is 0.282 e. The highest BCUT2D eigenvalue weighted by Crippen LogP contribution is 2.23. The Hall–Kier alpha value is -0.580. The van der Waals surface area contributed by atoms with Gasteiger partial charge in [-0.05, 0) is 18.6 Å². The molecule has 66 valence electrons. The minimum absolute atomic E-state index is 0.0394. The monoisotopic (exact) mass is 206 g/mol. The molecule has 1 rings (SSSR count). The molecule has 5 heteroatoms. The van der Waals surface area contributed by atoms with Gasteiger partial charge in [-0.1, -0.05) is 23.7 Å². The van der Waals surface area contributed by atoms with Crippen molar-refractivity contribution in [1.29, 1.82) is 0 Å². The summed E-state index contributed by atoms with van der Waals surface area (Å²) in [5, 5.41) is 0.0394.